The van der Waals surface area contributed by atoms with Gasteiger partial charge in [0.2, 0.25) is 0 Å². The number of hydrogen-bond acceptors (Lipinski definition) is 6. The predicted molar refractivity (Wildman–Crippen MR) is 81.0 cm³/mol. The van der Waals surface area contributed by atoms with E-state index in [1.165, 1.54) is 18.7 Å². The highest BCUT2D eigenvalue weighted by Crippen LogP contribution is 2.61. The first-order valence-electron chi connectivity index (χ1n) is 6.66. The molecule has 0 saturated carbocycles. The molecule has 0 N–H and O–H groups in total. The molecule has 0 radical (unpaired) electrons. The molecule has 0 aromatic heterocycles. The standard InChI is InChI=1S/C13H23O5PS/c1-9(2)17-19(15,18-10(3)4)13-12(16-11(5)14)7-6-8-20-13/h6-7,9-10,12-13H,8H2,1-5H3/t12-,13+/m1/s1. The third-order valence-corrected chi connectivity index (χ3v) is 6.86. The van der Waals surface area contributed by atoms with Crippen molar-refractivity contribution in [2.24, 2.45) is 0 Å². The van der Waals surface area contributed by atoms with E-state index in [1.54, 1.807) is 33.8 Å². The van der Waals surface area contributed by atoms with Gasteiger partial charge in [-0.3, -0.25) is 9.36 Å². The molecule has 1 aliphatic rings. The summed E-state index contributed by atoms with van der Waals surface area (Å²) in [5.74, 6) is 0.280. The molecule has 0 bridgehead atoms. The molecule has 1 rings (SSSR count). The second-order valence-electron chi connectivity index (χ2n) is 5.07. The average Bonchev–Trinajstić information content (AvgIpc) is 2.26. The Balaban J connectivity index is 3.00. The van der Waals surface area contributed by atoms with Gasteiger partial charge >= 0.3 is 13.6 Å². The quantitative estimate of drug-likeness (QED) is 0.423. The highest BCUT2D eigenvalue weighted by Gasteiger charge is 2.45. The zero-order valence-corrected chi connectivity index (χ0v) is 14.3. The van der Waals surface area contributed by atoms with Gasteiger partial charge in [0, 0.05) is 12.7 Å². The first-order valence-corrected chi connectivity index (χ1v) is 9.32. The van der Waals surface area contributed by atoms with Gasteiger partial charge in [0.15, 0.2) is 0 Å². The van der Waals surface area contributed by atoms with Gasteiger partial charge in [-0.05, 0) is 33.8 Å². The van der Waals surface area contributed by atoms with Gasteiger partial charge in [-0.2, -0.15) is 0 Å². The maximum atomic E-state index is 13.1. The van der Waals surface area contributed by atoms with Crippen LogP contribution in [0.2, 0.25) is 0 Å². The van der Waals surface area contributed by atoms with E-state index in [4.69, 9.17) is 13.8 Å². The minimum atomic E-state index is -3.38. The van der Waals surface area contributed by atoms with Gasteiger partial charge < -0.3 is 13.8 Å². The van der Waals surface area contributed by atoms with Crippen LogP contribution < -0.4 is 0 Å². The van der Waals surface area contributed by atoms with Crippen molar-refractivity contribution in [2.75, 3.05) is 5.75 Å². The molecular weight excluding hydrogens is 299 g/mol. The van der Waals surface area contributed by atoms with Crippen LogP contribution in [0, 0.1) is 0 Å². The second-order valence-corrected chi connectivity index (χ2v) is 8.66. The Kier molecular flexibility index (Phi) is 6.79. The first-order chi connectivity index (χ1) is 9.24. The van der Waals surface area contributed by atoms with Gasteiger partial charge in [-0.25, -0.2) is 0 Å². The van der Waals surface area contributed by atoms with Crippen LogP contribution >= 0.6 is 19.4 Å². The Morgan fingerprint density at radius 1 is 1.25 bits per heavy atom. The fourth-order valence-electron chi connectivity index (χ4n) is 1.83. The summed E-state index contributed by atoms with van der Waals surface area (Å²) in [5.41, 5.74) is 0. The Labute approximate surface area is 125 Å². The Hall–Kier alpha value is -0.290. The summed E-state index contributed by atoms with van der Waals surface area (Å²) in [4.78, 5) is 10.7. The monoisotopic (exact) mass is 322 g/mol. The molecule has 1 heterocycles. The Morgan fingerprint density at radius 3 is 2.25 bits per heavy atom. The van der Waals surface area contributed by atoms with Crippen molar-refractivity contribution < 1.29 is 23.1 Å². The normalized spacial score (nSPS) is 23.4. The molecule has 20 heavy (non-hydrogen) atoms. The summed E-state index contributed by atoms with van der Waals surface area (Å²) in [6.07, 6.45) is 2.59. The summed E-state index contributed by atoms with van der Waals surface area (Å²) in [6, 6.07) is 0. The second kappa shape index (κ2) is 7.64. The van der Waals surface area contributed by atoms with E-state index in [0.29, 0.717) is 5.75 Å². The van der Waals surface area contributed by atoms with Gasteiger partial charge in [0.1, 0.15) is 11.1 Å². The molecule has 0 fully saturated rings. The lowest BCUT2D eigenvalue weighted by Gasteiger charge is -2.34. The van der Waals surface area contributed by atoms with Crippen LogP contribution in [-0.4, -0.2) is 35.0 Å². The van der Waals surface area contributed by atoms with Crippen molar-refractivity contribution in [1.29, 1.82) is 0 Å². The van der Waals surface area contributed by atoms with Gasteiger partial charge in [0.05, 0.1) is 12.2 Å². The van der Waals surface area contributed by atoms with Gasteiger partial charge in [-0.15, -0.1) is 11.8 Å². The molecule has 0 spiro atoms. The lowest BCUT2D eigenvalue weighted by atomic mass is 10.3. The topological polar surface area (TPSA) is 61.8 Å². The smallest absolute Gasteiger partial charge is 0.348 e. The number of hydrogen-bond donors (Lipinski definition) is 0. The third kappa shape index (κ3) is 5.24. The van der Waals surface area contributed by atoms with Gasteiger partial charge in [-0.1, -0.05) is 6.08 Å². The van der Waals surface area contributed by atoms with E-state index in [-0.39, 0.29) is 12.2 Å². The van der Waals surface area contributed by atoms with Crippen molar-refractivity contribution in [3.63, 3.8) is 0 Å². The zero-order valence-electron chi connectivity index (χ0n) is 12.6. The lowest BCUT2D eigenvalue weighted by Crippen LogP contribution is -2.31. The van der Waals surface area contributed by atoms with Crippen LogP contribution in [-0.2, 0) is 23.1 Å². The number of esters is 1. The maximum absolute atomic E-state index is 13.1. The Morgan fingerprint density at radius 2 is 1.80 bits per heavy atom. The van der Waals surface area contributed by atoms with Crippen LogP contribution in [0.4, 0.5) is 0 Å². The molecule has 0 saturated heterocycles. The van der Waals surface area contributed by atoms with Crippen LogP contribution in [0.1, 0.15) is 34.6 Å². The molecular formula is C13H23O5PS. The summed E-state index contributed by atoms with van der Waals surface area (Å²) < 4.78 is 29.5. The summed E-state index contributed by atoms with van der Waals surface area (Å²) in [7, 11) is -3.38. The van der Waals surface area contributed by atoms with E-state index in [1.807, 2.05) is 6.08 Å². The molecule has 1 aliphatic heterocycles. The summed E-state index contributed by atoms with van der Waals surface area (Å²) in [6.45, 7) is 8.56. The van der Waals surface area contributed by atoms with E-state index in [2.05, 4.69) is 0 Å². The van der Waals surface area contributed by atoms with E-state index >= 15 is 0 Å². The molecule has 0 amide bonds. The number of carbonyl (C=O) groups is 1. The Bertz CT molecular complexity index is 394. The molecule has 2 atom stereocenters. The number of carbonyl (C=O) groups excluding carboxylic acids is 1. The van der Waals surface area contributed by atoms with Crippen LogP contribution in [0.5, 0.6) is 0 Å². The molecule has 0 aliphatic carbocycles. The highest BCUT2D eigenvalue weighted by molar-refractivity contribution is 8.05. The van der Waals surface area contributed by atoms with Crippen molar-refractivity contribution >= 4 is 25.3 Å². The third-order valence-electron chi connectivity index (χ3n) is 2.30. The molecule has 0 unspecified atom stereocenters. The van der Waals surface area contributed by atoms with Crippen LogP contribution in [0.15, 0.2) is 12.2 Å². The molecule has 116 valence electrons. The van der Waals surface area contributed by atoms with E-state index in [9.17, 15) is 9.36 Å². The van der Waals surface area contributed by atoms with Crippen molar-refractivity contribution in [3.8, 4) is 0 Å². The summed E-state index contributed by atoms with van der Waals surface area (Å²) in [5, 5.41) is 0. The number of ether oxygens (including phenoxy) is 1. The minimum absolute atomic E-state index is 0.232. The van der Waals surface area contributed by atoms with Gasteiger partial charge in [0.25, 0.3) is 0 Å². The number of thioether (sulfide) groups is 1. The first kappa shape index (κ1) is 17.8. The van der Waals surface area contributed by atoms with Crippen molar-refractivity contribution in [2.45, 2.75) is 57.9 Å². The number of rotatable bonds is 6. The predicted octanol–water partition coefficient (Wildman–Crippen LogP) is 3.59. The average molecular weight is 322 g/mol. The fourth-order valence-corrected chi connectivity index (χ4v) is 5.85. The molecule has 0 aromatic carbocycles. The fraction of sp³-hybridized carbons (Fsp3) is 0.769. The minimum Gasteiger partial charge on any atom is -0.456 e. The largest absolute Gasteiger partial charge is 0.456 e. The van der Waals surface area contributed by atoms with E-state index < -0.39 is 24.7 Å². The van der Waals surface area contributed by atoms with E-state index in [0.717, 1.165) is 0 Å². The highest BCUT2D eigenvalue weighted by atomic mass is 32.2. The molecule has 5 nitrogen and oxygen atoms in total. The van der Waals surface area contributed by atoms with Crippen molar-refractivity contribution in [3.05, 3.63) is 12.2 Å². The zero-order chi connectivity index (χ0) is 15.3. The van der Waals surface area contributed by atoms with Crippen molar-refractivity contribution in [1.82, 2.24) is 0 Å². The lowest BCUT2D eigenvalue weighted by molar-refractivity contribution is -0.143. The van der Waals surface area contributed by atoms with Crippen LogP contribution in [0.25, 0.3) is 0 Å². The van der Waals surface area contributed by atoms with Crippen LogP contribution in [0.3, 0.4) is 0 Å². The summed E-state index contributed by atoms with van der Waals surface area (Å²) >= 11 is 1.43. The molecule has 7 heteroatoms. The maximum Gasteiger partial charge on any atom is 0.348 e. The molecule has 0 aromatic rings. The SMILES string of the molecule is CC(=O)O[C@@H]1C=CCS[C@@H]1P(=O)(OC(C)C)OC(C)C.